The van der Waals surface area contributed by atoms with Crippen molar-refractivity contribution in [3.8, 4) is 0 Å². The summed E-state index contributed by atoms with van der Waals surface area (Å²) in [6.45, 7) is 11.3. The molecule has 0 bridgehead atoms. The van der Waals surface area contributed by atoms with Crippen LogP contribution in [0.4, 0.5) is 5.69 Å². The Morgan fingerprint density at radius 1 is 1.43 bits per heavy atom. The normalized spacial score (nSPS) is 20.9. The Labute approximate surface area is 136 Å². The highest BCUT2D eigenvalue weighted by atomic mass is 79.9. The minimum atomic E-state index is -0.214. The van der Waals surface area contributed by atoms with Crippen LogP contribution < -0.4 is 10.2 Å². The second kappa shape index (κ2) is 6.67. The highest BCUT2D eigenvalue weighted by Gasteiger charge is 2.26. The van der Waals surface area contributed by atoms with Crippen LogP contribution in [0.15, 0.2) is 22.7 Å². The van der Waals surface area contributed by atoms with Crippen molar-refractivity contribution in [2.75, 3.05) is 18.0 Å². The van der Waals surface area contributed by atoms with Gasteiger partial charge in [0.1, 0.15) is 0 Å². The summed E-state index contributed by atoms with van der Waals surface area (Å²) in [4.78, 5) is 2.36. The Kier molecular flexibility index (Phi) is 5.33. The minimum Gasteiger partial charge on any atom is -0.393 e. The molecule has 1 aromatic rings. The Balaban J connectivity index is 2.02. The van der Waals surface area contributed by atoms with Crippen molar-refractivity contribution in [2.45, 2.75) is 52.3 Å². The fraction of sp³-hybridized carbons (Fsp3) is 0.647. The van der Waals surface area contributed by atoms with Crippen molar-refractivity contribution in [3.05, 3.63) is 28.2 Å². The zero-order valence-electron chi connectivity index (χ0n) is 13.5. The standard InChI is InChI=1S/C17H27BrN2O/c1-12(21)14-7-8-20(11-14)15-6-5-13(16(18)9-15)10-19-17(2,3)4/h5-6,9,12,14,19,21H,7-8,10-11H2,1-4H3. The van der Waals surface area contributed by atoms with Gasteiger partial charge in [0.05, 0.1) is 6.10 Å². The number of nitrogens with zero attached hydrogens (tertiary/aromatic N) is 1. The van der Waals surface area contributed by atoms with Crippen LogP contribution in [0.1, 0.15) is 39.7 Å². The lowest BCUT2D eigenvalue weighted by molar-refractivity contribution is 0.136. The van der Waals surface area contributed by atoms with E-state index in [-0.39, 0.29) is 11.6 Å². The SMILES string of the molecule is CC(O)C1CCN(c2ccc(CNC(C)(C)C)c(Br)c2)C1. The number of benzene rings is 1. The third kappa shape index (κ3) is 4.70. The van der Waals surface area contributed by atoms with Gasteiger partial charge in [0, 0.05) is 41.3 Å². The zero-order chi connectivity index (χ0) is 15.6. The molecule has 0 aliphatic carbocycles. The number of rotatable bonds is 4. The van der Waals surface area contributed by atoms with Gasteiger partial charge in [-0.1, -0.05) is 22.0 Å². The minimum absolute atomic E-state index is 0.123. The van der Waals surface area contributed by atoms with Crippen LogP contribution in [0.5, 0.6) is 0 Å². The van der Waals surface area contributed by atoms with Gasteiger partial charge in [0.15, 0.2) is 0 Å². The van der Waals surface area contributed by atoms with Crippen molar-refractivity contribution in [1.82, 2.24) is 5.32 Å². The first-order valence-electron chi connectivity index (χ1n) is 7.73. The molecule has 2 unspecified atom stereocenters. The highest BCUT2D eigenvalue weighted by Crippen LogP contribution is 2.29. The Morgan fingerprint density at radius 3 is 2.67 bits per heavy atom. The van der Waals surface area contributed by atoms with Gasteiger partial charge in [0.2, 0.25) is 0 Å². The molecule has 21 heavy (non-hydrogen) atoms. The van der Waals surface area contributed by atoms with Crippen LogP contribution in [0.25, 0.3) is 0 Å². The average molecular weight is 355 g/mol. The molecule has 1 aromatic carbocycles. The van der Waals surface area contributed by atoms with Gasteiger partial charge in [-0.25, -0.2) is 0 Å². The Morgan fingerprint density at radius 2 is 2.14 bits per heavy atom. The number of anilines is 1. The molecule has 0 radical (unpaired) electrons. The molecule has 1 fully saturated rings. The molecule has 0 amide bonds. The highest BCUT2D eigenvalue weighted by molar-refractivity contribution is 9.10. The number of halogens is 1. The van der Waals surface area contributed by atoms with E-state index in [2.05, 4.69) is 65.1 Å². The van der Waals surface area contributed by atoms with Gasteiger partial charge in [-0.2, -0.15) is 0 Å². The Bertz CT molecular complexity index is 482. The van der Waals surface area contributed by atoms with Crippen LogP contribution in [-0.4, -0.2) is 29.8 Å². The predicted octanol–water partition coefficient (Wildman–Crippen LogP) is 3.54. The number of hydrogen-bond acceptors (Lipinski definition) is 3. The zero-order valence-corrected chi connectivity index (χ0v) is 15.1. The van der Waals surface area contributed by atoms with Crippen LogP contribution in [0, 0.1) is 5.92 Å². The summed E-state index contributed by atoms with van der Waals surface area (Å²) < 4.78 is 1.15. The monoisotopic (exact) mass is 354 g/mol. The molecule has 1 aliphatic heterocycles. The van der Waals surface area contributed by atoms with Crippen molar-refractivity contribution >= 4 is 21.6 Å². The smallest absolute Gasteiger partial charge is 0.0557 e. The predicted molar refractivity (Wildman–Crippen MR) is 92.7 cm³/mol. The fourth-order valence-corrected chi connectivity index (χ4v) is 3.16. The molecule has 0 spiro atoms. The maximum Gasteiger partial charge on any atom is 0.0557 e. The van der Waals surface area contributed by atoms with Gasteiger partial charge in [-0.15, -0.1) is 0 Å². The van der Waals surface area contributed by atoms with Crippen LogP contribution in [-0.2, 0) is 6.54 Å². The molecule has 3 nitrogen and oxygen atoms in total. The first-order valence-corrected chi connectivity index (χ1v) is 8.52. The molecule has 2 atom stereocenters. The average Bonchev–Trinajstić information content (AvgIpc) is 2.85. The largest absolute Gasteiger partial charge is 0.393 e. The topological polar surface area (TPSA) is 35.5 Å². The van der Waals surface area contributed by atoms with Crippen molar-refractivity contribution in [3.63, 3.8) is 0 Å². The summed E-state index contributed by atoms with van der Waals surface area (Å²) in [5, 5.41) is 13.2. The molecular formula is C17H27BrN2O. The van der Waals surface area contributed by atoms with Gasteiger partial charge < -0.3 is 15.3 Å². The summed E-state index contributed by atoms with van der Waals surface area (Å²) in [5.41, 5.74) is 2.64. The van der Waals surface area contributed by atoms with E-state index in [1.165, 1.54) is 11.3 Å². The maximum atomic E-state index is 9.72. The number of aliphatic hydroxyl groups excluding tert-OH is 1. The quantitative estimate of drug-likeness (QED) is 0.867. The van der Waals surface area contributed by atoms with E-state index >= 15 is 0 Å². The lowest BCUT2D eigenvalue weighted by atomic mass is 10.0. The second-order valence-corrected chi connectivity index (χ2v) is 7.97. The van der Waals surface area contributed by atoms with Gasteiger partial charge in [-0.05, 0) is 51.8 Å². The third-order valence-electron chi connectivity index (χ3n) is 4.12. The molecule has 0 saturated carbocycles. The van der Waals surface area contributed by atoms with E-state index in [0.717, 1.165) is 30.5 Å². The number of hydrogen-bond donors (Lipinski definition) is 2. The van der Waals surface area contributed by atoms with Crippen molar-refractivity contribution in [1.29, 1.82) is 0 Å². The molecule has 0 aromatic heterocycles. The molecule has 2 N–H and O–H groups in total. The summed E-state index contributed by atoms with van der Waals surface area (Å²) in [6, 6.07) is 6.58. The number of aliphatic hydroxyl groups is 1. The summed E-state index contributed by atoms with van der Waals surface area (Å²) in [7, 11) is 0. The van der Waals surface area contributed by atoms with Crippen LogP contribution >= 0.6 is 15.9 Å². The van der Waals surface area contributed by atoms with E-state index in [9.17, 15) is 5.11 Å². The molecule has 1 heterocycles. The molecule has 4 heteroatoms. The van der Waals surface area contributed by atoms with Crippen LogP contribution in [0.2, 0.25) is 0 Å². The third-order valence-corrected chi connectivity index (χ3v) is 4.86. The summed E-state index contributed by atoms with van der Waals surface area (Å²) >= 11 is 3.69. The van der Waals surface area contributed by atoms with Gasteiger partial charge in [0.25, 0.3) is 0 Å². The van der Waals surface area contributed by atoms with Crippen LogP contribution in [0.3, 0.4) is 0 Å². The maximum absolute atomic E-state index is 9.72. The van der Waals surface area contributed by atoms with E-state index in [0.29, 0.717) is 5.92 Å². The van der Waals surface area contributed by atoms with Crippen molar-refractivity contribution in [2.24, 2.45) is 5.92 Å². The van der Waals surface area contributed by atoms with E-state index in [1.807, 2.05) is 6.92 Å². The van der Waals surface area contributed by atoms with Gasteiger partial charge in [-0.3, -0.25) is 0 Å². The van der Waals surface area contributed by atoms with E-state index < -0.39 is 0 Å². The van der Waals surface area contributed by atoms with Gasteiger partial charge >= 0.3 is 0 Å². The van der Waals surface area contributed by atoms with E-state index in [1.54, 1.807) is 0 Å². The summed E-state index contributed by atoms with van der Waals surface area (Å²) in [6.07, 6.45) is 0.858. The van der Waals surface area contributed by atoms with E-state index in [4.69, 9.17) is 0 Å². The first kappa shape index (κ1) is 16.8. The van der Waals surface area contributed by atoms with Crippen molar-refractivity contribution < 1.29 is 5.11 Å². The second-order valence-electron chi connectivity index (χ2n) is 7.11. The molecule has 1 aliphatic rings. The molecule has 1 saturated heterocycles. The Hall–Kier alpha value is -0.580. The lowest BCUT2D eigenvalue weighted by Gasteiger charge is -2.23. The number of nitrogens with one attached hydrogen (secondary N) is 1. The fourth-order valence-electron chi connectivity index (χ4n) is 2.65. The lowest BCUT2D eigenvalue weighted by Crippen LogP contribution is -2.35. The summed E-state index contributed by atoms with van der Waals surface area (Å²) in [5.74, 6) is 0.394. The first-order chi connectivity index (χ1) is 9.76. The molecule has 2 rings (SSSR count). The molecular weight excluding hydrogens is 328 g/mol. The molecule has 118 valence electrons.